The van der Waals surface area contributed by atoms with Gasteiger partial charge in [-0.2, -0.15) is 0 Å². The summed E-state index contributed by atoms with van der Waals surface area (Å²) in [6.07, 6.45) is 0. The summed E-state index contributed by atoms with van der Waals surface area (Å²) in [5, 5.41) is -13.9. The molecule has 414 valence electrons. The molecule has 7 heteroatoms. The average molecular weight is 1210 g/mol. The number of fused-ring (bicyclic) bond motifs is 6. The predicted octanol–water partition coefficient (Wildman–Crippen LogP) is 13.8. The molecule has 0 unspecified atom stereocenters. The Bertz CT molecular complexity index is 8300. The Morgan fingerprint density at radius 3 is 1.15 bits per heavy atom. The summed E-state index contributed by atoms with van der Waals surface area (Å²) in [7, 11) is -13.5. The van der Waals surface area contributed by atoms with E-state index in [1.807, 2.05) is 0 Å². The number of hydrogen-bond donors (Lipinski definition) is 0. The van der Waals surface area contributed by atoms with Crippen LogP contribution in [-0.4, -0.2) is 40.2 Å². The van der Waals surface area contributed by atoms with Crippen LogP contribution in [0.25, 0.3) is 89.2 Å². The van der Waals surface area contributed by atoms with Crippen molar-refractivity contribution in [2.24, 2.45) is 0 Å². The number of para-hydroxylation sites is 4. The highest BCUT2D eigenvalue weighted by Gasteiger charge is 2.43. The fourth-order valence-electron chi connectivity index (χ4n) is 10.5. The summed E-state index contributed by atoms with van der Waals surface area (Å²) < 4.78 is 512. The molecule has 16 aromatic rings. The third kappa shape index (κ3) is 8.62. The molecular formula is C81H57N5Si2. The molecular weight excluding hydrogens is 1100 g/mol. The van der Waals surface area contributed by atoms with Crippen LogP contribution in [0.1, 0.15) is 72.7 Å². The fraction of sp³-hybridized carbons (Fsp3) is 0. The highest BCUT2D eigenvalue weighted by molar-refractivity contribution is 7.20. The molecule has 0 radical (unpaired) electrons. The van der Waals surface area contributed by atoms with Crippen LogP contribution in [0.15, 0.2) is 345 Å². The van der Waals surface area contributed by atoms with Crippen molar-refractivity contribution in [3.63, 3.8) is 0 Å². The molecule has 0 aliphatic rings. The maximum atomic E-state index is 11.2. The minimum Gasteiger partial charge on any atom is -0.309 e. The van der Waals surface area contributed by atoms with E-state index < -0.39 is 467 Å². The molecule has 0 saturated heterocycles. The third-order valence-electron chi connectivity index (χ3n) is 14.1. The summed E-state index contributed by atoms with van der Waals surface area (Å²) in [5.41, 5.74) is -10.9. The zero-order valence-corrected chi connectivity index (χ0v) is 46.0. The Hall–Kier alpha value is -11.1. The SMILES string of the molecule is [2H]c1cc([Si](c2cc([2H])c([2H])c([2H])c2[2H])(c2c([2H])c([2H])c([2H])c([2H])c2[2H])c2c([2H])c([2H])c([2H])c(-c3nc(-c4c([2H])c([2H])c([2H])c([Si](c5cc([2H])c([2H])c([2H])c5[2H])(c5c([2H])c([2H])c([2H])c([2H])c5[2H])c5c([2H])c([2H])c([2H])c([2H])c5[2H])c4[2H])nc(-c4c(-n5c6c([2H])cc([2H])c([2H])c6c6c([2H])c([2H])c([2H])c([2H])c65)c([2H])c5c(c4[2H])c4c([2H])c([2H])c([2H])c([2H])c4n5-c4c([2H])c([2H])c([2H])c([2H])c4[2H])n3)c2[2H])c([2H])c([2H])c1[2H]. The number of aromatic nitrogens is 5. The van der Waals surface area contributed by atoms with Crippen molar-refractivity contribution < 1.29 is 72.7 Å². The van der Waals surface area contributed by atoms with Gasteiger partial charge in [-0.3, -0.25) is 0 Å². The minimum absolute atomic E-state index is 0.492. The zero-order valence-electron chi connectivity index (χ0n) is 97.0. The van der Waals surface area contributed by atoms with Crippen LogP contribution >= 0.6 is 0 Å². The molecule has 0 N–H and O–H groups in total. The van der Waals surface area contributed by atoms with Gasteiger partial charge in [0.05, 0.1) is 100 Å². The maximum absolute atomic E-state index is 11.2. The number of nitrogens with zero attached hydrogens (tertiary/aromatic N) is 5. The van der Waals surface area contributed by atoms with Crippen molar-refractivity contribution in [2.45, 2.75) is 0 Å². The molecule has 3 heterocycles. The van der Waals surface area contributed by atoms with Gasteiger partial charge in [0.15, 0.2) is 33.6 Å². The number of hydrogen-bond acceptors (Lipinski definition) is 3. The van der Waals surface area contributed by atoms with E-state index in [0.29, 0.717) is 33.4 Å². The van der Waals surface area contributed by atoms with Crippen molar-refractivity contribution in [3.8, 4) is 45.5 Å². The molecule has 0 spiro atoms. The molecule has 5 nitrogen and oxygen atoms in total. The summed E-state index contributed by atoms with van der Waals surface area (Å²) >= 11 is 0. The molecule has 0 atom stereocenters. The first kappa shape index (κ1) is 21.1. The van der Waals surface area contributed by atoms with Gasteiger partial charge < -0.3 is 9.13 Å². The second-order valence-corrected chi connectivity index (χ2v) is 25.7. The highest BCUT2D eigenvalue weighted by atomic mass is 28.3. The van der Waals surface area contributed by atoms with Crippen LogP contribution in [0.4, 0.5) is 0 Å². The van der Waals surface area contributed by atoms with Gasteiger partial charge in [0.25, 0.3) is 0 Å². The van der Waals surface area contributed by atoms with Crippen LogP contribution in [0, 0.1) is 0 Å². The molecule has 16 rings (SSSR count). The van der Waals surface area contributed by atoms with E-state index >= 15 is 0 Å². The van der Waals surface area contributed by atoms with E-state index in [9.17, 15) is 57.6 Å². The van der Waals surface area contributed by atoms with Gasteiger partial charge in [-0.1, -0.05) is 302 Å². The molecule has 0 bridgehead atoms. The Morgan fingerprint density at radius 2 is 0.636 bits per heavy atom. The quantitative estimate of drug-likeness (QED) is 0.0854. The van der Waals surface area contributed by atoms with Gasteiger partial charge in [-0.25, -0.2) is 15.0 Å². The predicted molar refractivity (Wildman–Crippen MR) is 372 cm³/mol. The number of benzene rings is 13. The van der Waals surface area contributed by atoms with E-state index in [1.54, 1.807) is 0 Å². The maximum Gasteiger partial charge on any atom is 0.179 e. The van der Waals surface area contributed by atoms with Crippen molar-refractivity contribution in [3.05, 3.63) is 345 Å². The van der Waals surface area contributed by atoms with Gasteiger partial charge >= 0.3 is 0 Å². The van der Waals surface area contributed by atoms with E-state index in [4.69, 9.17) is 25.0 Å². The lowest BCUT2D eigenvalue weighted by Crippen LogP contribution is -2.74. The third-order valence-corrected chi connectivity index (χ3v) is 22.4. The summed E-state index contributed by atoms with van der Waals surface area (Å²) in [4.78, 5) is 14.2. The van der Waals surface area contributed by atoms with E-state index in [2.05, 4.69) is 4.98 Å². The Kier molecular flexibility index (Phi) is 5.29. The number of rotatable bonds is 13. The van der Waals surface area contributed by atoms with E-state index in [0.717, 1.165) is 0 Å². The van der Waals surface area contributed by atoms with Crippen LogP contribution in [0.3, 0.4) is 0 Å². The normalized spacial score (nSPS) is 20.3. The fourth-order valence-corrected chi connectivity index (χ4v) is 18.0. The summed E-state index contributed by atoms with van der Waals surface area (Å²) in [6, 6.07) is -67.5. The van der Waals surface area contributed by atoms with Gasteiger partial charge in [-0.05, 0) is 83.8 Å². The van der Waals surface area contributed by atoms with Crippen LogP contribution in [0.2, 0.25) is 0 Å². The Labute approximate surface area is 588 Å². The van der Waals surface area contributed by atoms with Gasteiger partial charge in [0.2, 0.25) is 0 Å². The monoisotopic (exact) mass is 1210 g/mol. The second kappa shape index (κ2) is 22.1. The smallest absolute Gasteiger partial charge is 0.179 e. The molecule has 0 aliphatic carbocycles. The van der Waals surface area contributed by atoms with Crippen LogP contribution in [-0.2, 0) is 0 Å². The lowest BCUT2D eigenvalue weighted by atomic mass is 10.1. The van der Waals surface area contributed by atoms with Crippen molar-refractivity contribution in [1.29, 1.82) is 0 Å². The molecule has 3 aromatic heterocycles. The van der Waals surface area contributed by atoms with Crippen LogP contribution in [0.5, 0.6) is 0 Å². The van der Waals surface area contributed by atoms with Crippen molar-refractivity contribution in [1.82, 2.24) is 24.1 Å². The van der Waals surface area contributed by atoms with Crippen molar-refractivity contribution >= 4 is 101 Å². The lowest BCUT2D eigenvalue weighted by Gasteiger charge is -2.34. The van der Waals surface area contributed by atoms with Crippen molar-refractivity contribution in [2.75, 3.05) is 0 Å². The lowest BCUT2D eigenvalue weighted by molar-refractivity contribution is 1.07. The Morgan fingerprint density at radius 1 is 0.261 bits per heavy atom. The van der Waals surface area contributed by atoms with Gasteiger partial charge in [0, 0.05) is 43.9 Å². The van der Waals surface area contributed by atoms with Crippen LogP contribution < -0.4 is 41.5 Å². The molecule has 0 aliphatic heterocycles. The highest BCUT2D eigenvalue weighted by Crippen LogP contribution is 2.42. The van der Waals surface area contributed by atoms with Gasteiger partial charge in [-0.15, -0.1) is 0 Å². The summed E-state index contributed by atoms with van der Waals surface area (Å²) in [6.45, 7) is 0. The summed E-state index contributed by atoms with van der Waals surface area (Å²) in [5.74, 6) is -4.84. The van der Waals surface area contributed by atoms with E-state index in [-0.39, 0.29) is 0 Å². The minimum atomic E-state index is -6.85. The largest absolute Gasteiger partial charge is 0.309 e. The molecule has 0 fully saturated rings. The van der Waals surface area contributed by atoms with E-state index in [1.165, 1.54) is 0 Å². The zero-order chi connectivity index (χ0) is 105. The second-order valence-electron chi connectivity index (χ2n) is 18.6. The first-order valence-electron chi connectivity index (χ1n) is 52.2. The first-order valence-corrected chi connectivity index (χ1v) is 29.7. The standard InChI is InChI=1S/C81H57N5Si2/c1-8-32-60(33-9-1)85-74-51-25-24-50-71(74)72-56-73(78(57-77(72)85)86-75-52-26-22-48-69(75)70-49-23-27-53-76(70)86)81-83-79(58-30-28-46-67(54-58)87(61-34-10-2-11-35-61,62-36-12-3-13-37-62)63-38-14-4-15-39-63)82-80(84-81)59-31-29-47-68(55-59)88(64-40-16-5-17-41-64,65-42-18-6-19-43-65)66-44-20-7-21-45-66/h1-57H/i1D,2D,3D,4D,5D,6D,7D,8D,9D,10D,11D,12D,13D,14D,15D,16D,17D,18D,19D,20D,21D,22D,23D,24D,25D,26D,28D,29D,30D,31D,32D,33D,34D,35D,36D,37D,38D,40D,41D,42D,44D,46D,47D,48D,49D,50D,51D,52D,53D,54D,55D,56D,57D. The topological polar surface area (TPSA) is 48.5 Å². The molecule has 0 amide bonds. The van der Waals surface area contributed by atoms with Gasteiger partial charge in [0.1, 0.15) is 0 Å². The molecule has 88 heavy (non-hydrogen) atoms. The molecule has 13 aromatic carbocycles. The Balaban J connectivity index is 1.27. The molecule has 0 saturated carbocycles. The average Bonchev–Trinajstić information content (AvgIpc) is 1.63. The first-order chi connectivity index (χ1) is 65.6.